The van der Waals surface area contributed by atoms with Crippen molar-refractivity contribution < 1.29 is 13.2 Å². The number of rotatable bonds is 5. The van der Waals surface area contributed by atoms with Gasteiger partial charge in [0.05, 0.1) is 6.26 Å². The average molecular weight is 316 g/mol. The van der Waals surface area contributed by atoms with Crippen LogP contribution in [0.1, 0.15) is 39.0 Å². The van der Waals surface area contributed by atoms with Crippen LogP contribution in [-0.2, 0) is 14.8 Å². The smallest absolute Gasteiger partial charge is 0.211 e. The number of ketones is 1. The topological polar surface area (TPSA) is 57.7 Å². The minimum absolute atomic E-state index is 0.167. The number of hydrogen-bond donors (Lipinski definition) is 0. The van der Waals surface area contributed by atoms with E-state index in [1.807, 2.05) is 0 Å². The molecule has 6 heteroatoms. The van der Waals surface area contributed by atoms with E-state index in [-0.39, 0.29) is 5.92 Å². The van der Waals surface area contributed by atoms with Crippen molar-refractivity contribution in [1.82, 2.24) is 9.21 Å². The first-order chi connectivity index (χ1) is 9.90. The molecule has 122 valence electrons. The van der Waals surface area contributed by atoms with Crippen LogP contribution in [0.5, 0.6) is 0 Å². The normalized spacial score (nSPS) is 29.7. The monoisotopic (exact) mass is 316 g/mol. The van der Waals surface area contributed by atoms with Crippen molar-refractivity contribution in [2.75, 3.05) is 39.0 Å². The second-order valence-corrected chi connectivity index (χ2v) is 8.54. The second-order valence-electron chi connectivity index (χ2n) is 6.55. The Balaban J connectivity index is 1.83. The highest BCUT2D eigenvalue weighted by Gasteiger charge is 2.31. The molecular formula is C15H28N2O3S. The van der Waals surface area contributed by atoms with Gasteiger partial charge in [-0.1, -0.05) is 19.8 Å². The van der Waals surface area contributed by atoms with E-state index in [9.17, 15) is 13.2 Å². The van der Waals surface area contributed by atoms with Crippen molar-refractivity contribution in [3.63, 3.8) is 0 Å². The fourth-order valence-electron chi connectivity index (χ4n) is 3.60. The molecule has 21 heavy (non-hydrogen) atoms. The van der Waals surface area contributed by atoms with E-state index in [1.54, 1.807) is 0 Å². The lowest BCUT2D eigenvalue weighted by Crippen LogP contribution is -2.50. The maximum absolute atomic E-state index is 12.1. The predicted octanol–water partition coefficient (Wildman–Crippen LogP) is 1.35. The Morgan fingerprint density at radius 1 is 1.19 bits per heavy atom. The minimum Gasteiger partial charge on any atom is -0.300 e. The molecule has 0 aromatic rings. The third kappa shape index (κ3) is 4.76. The zero-order chi connectivity index (χ0) is 15.5. The summed E-state index contributed by atoms with van der Waals surface area (Å²) in [4.78, 5) is 14.4. The molecule has 0 bridgehead atoms. The fourth-order valence-corrected chi connectivity index (χ4v) is 4.43. The summed E-state index contributed by atoms with van der Waals surface area (Å²) in [7, 11) is -3.07. The van der Waals surface area contributed by atoms with Crippen LogP contribution in [-0.4, -0.2) is 62.4 Å². The maximum atomic E-state index is 12.1. The molecule has 1 saturated carbocycles. The molecule has 2 unspecified atom stereocenters. The average Bonchev–Trinajstić information content (AvgIpc) is 2.42. The van der Waals surface area contributed by atoms with Crippen molar-refractivity contribution in [3.8, 4) is 0 Å². The minimum atomic E-state index is -3.07. The molecule has 0 N–H and O–H groups in total. The molecule has 1 aliphatic carbocycles. The van der Waals surface area contributed by atoms with Gasteiger partial charge in [-0.3, -0.25) is 9.69 Å². The highest BCUT2D eigenvalue weighted by Crippen LogP contribution is 2.30. The second kappa shape index (κ2) is 7.20. The Kier molecular flexibility index (Phi) is 5.80. The Labute approximate surface area is 128 Å². The Morgan fingerprint density at radius 2 is 1.86 bits per heavy atom. The third-order valence-electron chi connectivity index (χ3n) is 4.85. The van der Waals surface area contributed by atoms with Crippen molar-refractivity contribution in [2.45, 2.75) is 39.0 Å². The largest absolute Gasteiger partial charge is 0.300 e. The standard InChI is InChI=1S/C15H28N2O3S/c1-3-4-13-5-6-15(18)14(11-13)12-16-7-9-17(10-8-16)21(2,19)20/h13-14H,3-12H2,1-2H3. The summed E-state index contributed by atoms with van der Waals surface area (Å²) < 4.78 is 24.5. The molecular weight excluding hydrogens is 288 g/mol. The summed E-state index contributed by atoms with van der Waals surface area (Å²) in [6, 6.07) is 0. The van der Waals surface area contributed by atoms with Gasteiger partial charge in [0.25, 0.3) is 0 Å². The fraction of sp³-hybridized carbons (Fsp3) is 0.933. The van der Waals surface area contributed by atoms with E-state index in [4.69, 9.17) is 0 Å². The first-order valence-corrected chi connectivity index (χ1v) is 9.95. The van der Waals surface area contributed by atoms with Crippen molar-refractivity contribution in [1.29, 1.82) is 0 Å². The van der Waals surface area contributed by atoms with Gasteiger partial charge >= 0.3 is 0 Å². The van der Waals surface area contributed by atoms with Gasteiger partial charge in [-0.2, -0.15) is 4.31 Å². The van der Waals surface area contributed by atoms with Gasteiger partial charge in [0.1, 0.15) is 5.78 Å². The maximum Gasteiger partial charge on any atom is 0.211 e. The molecule has 2 aliphatic rings. The van der Waals surface area contributed by atoms with Crippen LogP contribution < -0.4 is 0 Å². The first kappa shape index (κ1) is 16.9. The SMILES string of the molecule is CCCC1CCC(=O)C(CN2CCN(S(C)(=O)=O)CC2)C1. The van der Waals surface area contributed by atoms with Gasteiger partial charge in [-0.05, 0) is 18.8 Å². The molecule has 2 atom stereocenters. The number of piperazine rings is 1. The number of sulfonamides is 1. The molecule has 2 rings (SSSR count). The molecule has 5 nitrogen and oxygen atoms in total. The zero-order valence-corrected chi connectivity index (χ0v) is 14.1. The molecule has 0 radical (unpaired) electrons. The molecule has 0 spiro atoms. The van der Waals surface area contributed by atoms with E-state index in [1.165, 1.54) is 23.4 Å². The number of carbonyl (C=O) groups excluding carboxylic acids is 1. The van der Waals surface area contributed by atoms with Gasteiger partial charge in [-0.25, -0.2) is 8.42 Å². The van der Waals surface area contributed by atoms with E-state index >= 15 is 0 Å². The number of carbonyl (C=O) groups is 1. The van der Waals surface area contributed by atoms with E-state index in [0.29, 0.717) is 24.8 Å². The van der Waals surface area contributed by atoms with E-state index in [0.717, 1.165) is 38.9 Å². The summed E-state index contributed by atoms with van der Waals surface area (Å²) in [5, 5.41) is 0. The first-order valence-electron chi connectivity index (χ1n) is 8.10. The summed E-state index contributed by atoms with van der Waals surface area (Å²) in [6.45, 7) is 5.62. The van der Waals surface area contributed by atoms with Crippen molar-refractivity contribution >= 4 is 15.8 Å². The molecule has 0 amide bonds. The van der Waals surface area contributed by atoms with Crippen LogP contribution in [0.15, 0.2) is 0 Å². The van der Waals surface area contributed by atoms with E-state index in [2.05, 4.69) is 11.8 Å². The molecule has 2 fully saturated rings. The van der Waals surface area contributed by atoms with Crippen LogP contribution in [0.3, 0.4) is 0 Å². The van der Waals surface area contributed by atoms with Crippen molar-refractivity contribution in [3.05, 3.63) is 0 Å². The van der Waals surface area contributed by atoms with Crippen molar-refractivity contribution in [2.24, 2.45) is 11.8 Å². The van der Waals surface area contributed by atoms with E-state index < -0.39 is 10.0 Å². The number of hydrogen-bond acceptors (Lipinski definition) is 4. The molecule has 1 aliphatic heterocycles. The van der Waals surface area contributed by atoms with Crippen LogP contribution >= 0.6 is 0 Å². The van der Waals surface area contributed by atoms with Crippen LogP contribution in [0, 0.1) is 11.8 Å². The molecule has 0 aromatic heterocycles. The highest BCUT2D eigenvalue weighted by molar-refractivity contribution is 7.88. The summed E-state index contributed by atoms with van der Waals surface area (Å²) >= 11 is 0. The highest BCUT2D eigenvalue weighted by atomic mass is 32.2. The van der Waals surface area contributed by atoms with Gasteiger partial charge < -0.3 is 0 Å². The van der Waals surface area contributed by atoms with Crippen LogP contribution in [0.2, 0.25) is 0 Å². The lowest BCUT2D eigenvalue weighted by molar-refractivity contribution is -0.126. The Bertz CT molecular complexity index is 456. The molecule has 0 aromatic carbocycles. The Hall–Kier alpha value is -0.460. The summed E-state index contributed by atoms with van der Waals surface area (Å²) in [5.41, 5.74) is 0. The number of Topliss-reactive ketones (excluding diaryl/α,β-unsaturated/α-hetero) is 1. The Morgan fingerprint density at radius 3 is 2.43 bits per heavy atom. The van der Waals surface area contributed by atoms with Gasteiger partial charge in [-0.15, -0.1) is 0 Å². The lowest BCUT2D eigenvalue weighted by Gasteiger charge is -2.37. The van der Waals surface area contributed by atoms with Crippen LogP contribution in [0.4, 0.5) is 0 Å². The number of nitrogens with zero attached hydrogens (tertiary/aromatic N) is 2. The van der Waals surface area contributed by atoms with Crippen LogP contribution in [0.25, 0.3) is 0 Å². The predicted molar refractivity (Wildman–Crippen MR) is 83.6 cm³/mol. The van der Waals surface area contributed by atoms with Gasteiger partial charge in [0.2, 0.25) is 10.0 Å². The summed E-state index contributed by atoms with van der Waals surface area (Å²) in [6.07, 6.45) is 6.51. The molecule has 1 saturated heterocycles. The zero-order valence-electron chi connectivity index (χ0n) is 13.3. The van der Waals surface area contributed by atoms with Gasteiger partial charge in [0.15, 0.2) is 0 Å². The quantitative estimate of drug-likeness (QED) is 0.768. The van der Waals surface area contributed by atoms with Gasteiger partial charge in [0, 0.05) is 45.1 Å². The lowest BCUT2D eigenvalue weighted by atomic mass is 9.78. The molecule has 1 heterocycles. The third-order valence-corrected chi connectivity index (χ3v) is 6.15. The summed E-state index contributed by atoms with van der Waals surface area (Å²) in [5.74, 6) is 1.28.